The number of nitrogens with one attached hydrogen (secondary N) is 1. The molecule has 2 aromatic rings. The summed E-state index contributed by atoms with van der Waals surface area (Å²) >= 11 is 0. The van der Waals surface area contributed by atoms with E-state index < -0.39 is 0 Å². The number of hydrogen-bond acceptors (Lipinski definition) is 2. The summed E-state index contributed by atoms with van der Waals surface area (Å²) in [6.07, 6.45) is 1.08. The molecule has 0 saturated carbocycles. The molecule has 2 unspecified atom stereocenters. The van der Waals surface area contributed by atoms with Crippen LogP contribution in [0.5, 0.6) is 0 Å². The van der Waals surface area contributed by atoms with Crippen molar-refractivity contribution in [1.82, 2.24) is 9.97 Å². The number of benzene rings is 1. The normalized spacial score (nSPS) is 25.4. The molecule has 2 heterocycles. The minimum Gasteiger partial charge on any atom is -0.370 e. The Labute approximate surface area is 92.6 Å². The summed E-state index contributed by atoms with van der Waals surface area (Å²) in [6, 6.07) is 4.57. The number of hydrogen-bond donors (Lipinski definition) is 1. The van der Waals surface area contributed by atoms with E-state index >= 15 is 0 Å². The molecule has 2 atom stereocenters. The minimum absolute atomic E-state index is 0.0236. The first kappa shape index (κ1) is 9.78. The van der Waals surface area contributed by atoms with Crippen molar-refractivity contribution in [3.63, 3.8) is 0 Å². The van der Waals surface area contributed by atoms with Crippen molar-refractivity contribution in [2.45, 2.75) is 19.4 Å². The maximum Gasteiger partial charge on any atom is 0.136 e. The summed E-state index contributed by atoms with van der Waals surface area (Å²) < 4.78 is 18.6. The largest absolute Gasteiger partial charge is 0.370 e. The SMILES string of the molecule is CC1CCOC1c1nc2ccc(F)cc2[nH]1. The molecule has 1 aromatic carbocycles. The van der Waals surface area contributed by atoms with E-state index in [0.717, 1.165) is 29.9 Å². The molecular formula is C12H13FN2O. The maximum atomic E-state index is 13.0. The number of imidazole rings is 1. The standard InChI is InChI=1S/C12H13FN2O/c1-7-4-5-16-11(7)12-14-9-3-2-8(13)6-10(9)15-12/h2-3,6-7,11H,4-5H2,1H3,(H,14,15). The maximum absolute atomic E-state index is 13.0. The summed E-state index contributed by atoms with van der Waals surface area (Å²) in [5.74, 6) is 1.03. The Morgan fingerprint density at radius 3 is 3.12 bits per heavy atom. The van der Waals surface area contributed by atoms with Gasteiger partial charge in [-0.3, -0.25) is 0 Å². The Kier molecular flexibility index (Phi) is 2.17. The van der Waals surface area contributed by atoms with Crippen molar-refractivity contribution in [2.75, 3.05) is 6.61 Å². The van der Waals surface area contributed by atoms with Crippen LogP contribution in [0.4, 0.5) is 4.39 Å². The molecule has 3 rings (SSSR count). The third-order valence-electron chi connectivity index (χ3n) is 3.12. The van der Waals surface area contributed by atoms with Gasteiger partial charge in [-0.05, 0) is 30.5 Å². The van der Waals surface area contributed by atoms with Gasteiger partial charge in [-0.15, -0.1) is 0 Å². The van der Waals surface area contributed by atoms with E-state index in [-0.39, 0.29) is 11.9 Å². The monoisotopic (exact) mass is 220 g/mol. The van der Waals surface area contributed by atoms with Crippen molar-refractivity contribution in [2.24, 2.45) is 5.92 Å². The first-order valence-electron chi connectivity index (χ1n) is 5.51. The Hall–Kier alpha value is -1.42. The highest BCUT2D eigenvalue weighted by atomic mass is 19.1. The highest BCUT2D eigenvalue weighted by molar-refractivity contribution is 5.75. The van der Waals surface area contributed by atoms with E-state index in [0.29, 0.717) is 5.92 Å². The van der Waals surface area contributed by atoms with Crippen molar-refractivity contribution in [3.05, 3.63) is 29.8 Å². The van der Waals surface area contributed by atoms with Gasteiger partial charge in [0.05, 0.1) is 11.0 Å². The molecule has 1 aromatic heterocycles. The molecule has 0 amide bonds. The number of aromatic amines is 1. The highest BCUT2D eigenvalue weighted by Gasteiger charge is 2.28. The third kappa shape index (κ3) is 1.50. The fourth-order valence-electron chi connectivity index (χ4n) is 2.18. The van der Waals surface area contributed by atoms with Crippen molar-refractivity contribution < 1.29 is 9.13 Å². The highest BCUT2D eigenvalue weighted by Crippen LogP contribution is 2.33. The zero-order chi connectivity index (χ0) is 11.1. The number of nitrogens with zero attached hydrogens (tertiary/aromatic N) is 1. The predicted octanol–water partition coefficient (Wildman–Crippen LogP) is 2.80. The van der Waals surface area contributed by atoms with Gasteiger partial charge in [-0.1, -0.05) is 6.92 Å². The molecule has 0 radical (unpaired) electrons. The smallest absolute Gasteiger partial charge is 0.136 e. The van der Waals surface area contributed by atoms with Gasteiger partial charge < -0.3 is 9.72 Å². The van der Waals surface area contributed by atoms with Gasteiger partial charge in [0.15, 0.2) is 0 Å². The van der Waals surface area contributed by atoms with Gasteiger partial charge in [-0.25, -0.2) is 9.37 Å². The number of ether oxygens (including phenoxy) is 1. The lowest BCUT2D eigenvalue weighted by atomic mass is 10.0. The van der Waals surface area contributed by atoms with Crippen LogP contribution in [0.25, 0.3) is 11.0 Å². The lowest BCUT2D eigenvalue weighted by Crippen LogP contribution is -2.05. The van der Waals surface area contributed by atoms with Crippen molar-refractivity contribution in [1.29, 1.82) is 0 Å². The zero-order valence-corrected chi connectivity index (χ0v) is 9.03. The summed E-state index contributed by atoms with van der Waals surface area (Å²) in [6.45, 7) is 2.92. The molecule has 1 fully saturated rings. The van der Waals surface area contributed by atoms with E-state index in [4.69, 9.17) is 4.74 Å². The van der Waals surface area contributed by atoms with E-state index in [1.165, 1.54) is 12.1 Å². The Morgan fingerprint density at radius 1 is 1.50 bits per heavy atom. The molecule has 0 aliphatic carbocycles. The van der Waals surface area contributed by atoms with Crippen LogP contribution in [-0.2, 0) is 4.74 Å². The van der Waals surface area contributed by atoms with Gasteiger partial charge in [-0.2, -0.15) is 0 Å². The summed E-state index contributed by atoms with van der Waals surface area (Å²) in [5, 5.41) is 0. The number of H-pyrrole nitrogens is 1. The Balaban J connectivity index is 2.04. The second kappa shape index (κ2) is 3.56. The molecule has 1 aliphatic heterocycles. The van der Waals surface area contributed by atoms with Gasteiger partial charge in [0.2, 0.25) is 0 Å². The lowest BCUT2D eigenvalue weighted by molar-refractivity contribution is 0.0883. The molecule has 4 heteroatoms. The van der Waals surface area contributed by atoms with Gasteiger partial charge >= 0.3 is 0 Å². The average Bonchev–Trinajstić information content (AvgIpc) is 2.82. The Morgan fingerprint density at radius 2 is 2.38 bits per heavy atom. The third-order valence-corrected chi connectivity index (χ3v) is 3.12. The van der Waals surface area contributed by atoms with Gasteiger partial charge in [0.25, 0.3) is 0 Å². The van der Waals surface area contributed by atoms with Crippen LogP contribution in [0.2, 0.25) is 0 Å². The first-order valence-corrected chi connectivity index (χ1v) is 5.51. The topological polar surface area (TPSA) is 37.9 Å². The minimum atomic E-state index is -0.247. The summed E-state index contributed by atoms with van der Waals surface area (Å²) in [5.41, 5.74) is 1.52. The molecule has 1 N–H and O–H groups in total. The quantitative estimate of drug-likeness (QED) is 0.802. The average molecular weight is 220 g/mol. The van der Waals surface area contributed by atoms with Crippen LogP contribution >= 0.6 is 0 Å². The molecule has 3 nitrogen and oxygen atoms in total. The van der Waals surface area contributed by atoms with Gasteiger partial charge in [0, 0.05) is 6.61 Å². The fourth-order valence-corrected chi connectivity index (χ4v) is 2.18. The molecule has 84 valence electrons. The second-order valence-corrected chi connectivity index (χ2v) is 4.34. The molecule has 1 saturated heterocycles. The molecule has 0 bridgehead atoms. The molecule has 1 aliphatic rings. The van der Waals surface area contributed by atoms with Crippen LogP contribution in [0.3, 0.4) is 0 Å². The van der Waals surface area contributed by atoms with E-state index in [1.807, 2.05) is 0 Å². The predicted molar refractivity (Wildman–Crippen MR) is 58.5 cm³/mol. The summed E-state index contributed by atoms with van der Waals surface area (Å²) in [4.78, 5) is 7.57. The van der Waals surface area contributed by atoms with E-state index in [2.05, 4.69) is 16.9 Å². The van der Waals surface area contributed by atoms with Crippen LogP contribution < -0.4 is 0 Å². The molecular weight excluding hydrogens is 207 g/mol. The fraction of sp³-hybridized carbons (Fsp3) is 0.417. The van der Waals surface area contributed by atoms with Crippen LogP contribution in [-0.4, -0.2) is 16.6 Å². The zero-order valence-electron chi connectivity index (χ0n) is 9.03. The summed E-state index contributed by atoms with van der Waals surface area (Å²) in [7, 11) is 0. The van der Waals surface area contributed by atoms with Crippen LogP contribution in [0.1, 0.15) is 25.3 Å². The number of halogens is 1. The van der Waals surface area contributed by atoms with E-state index in [1.54, 1.807) is 6.07 Å². The second-order valence-electron chi connectivity index (χ2n) is 4.34. The number of fused-ring (bicyclic) bond motifs is 1. The number of rotatable bonds is 1. The first-order chi connectivity index (χ1) is 7.74. The van der Waals surface area contributed by atoms with Crippen LogP contribution in [0, 0.1) is 11.7 Å². The lowest BCUT2D eigenvalue weighted by Gasteiger charge is -2.10. The van der Waals surface area contributed by atoms with Crippen molar-refractivity contribution >= 4 is 11.0 Å². The van der Waals surface area contributed by atoms with Crippen LogP contribution in [0.15, 0.2) is 18.2 Å². The number of aromatic nitrogens is 2. The van der Waals surface area contributed by atoms with Gasteiger partial charge in [0.1, 0.15) is 17.7 Å². The molecule has 16 heavy (non-hydrogen) atoms. The molecule has 0 spiro atoms. The van der Waals surface area contributed by atoms with E-state index in [9.17, 15) is 4.39 Å². The Bertz CT molecular complexity index is 523. The van der Waals surface area contributed by atoms with Crippen molar-refractivity contribution in [3.8, 4) is 0 Å².